The van der Waals surface area contributed by atoms with Crippen LogP contribution in [0.3, 0.4) is 0 Å². The molecule has 1 unspecified atom stereocenters. The highest BCUT2D eigenvalue weighted by molar-refractivity contribution is 6.30. The largest absolute Gasteiger partial charge is 0.383 e. The van der Waals surface area contributed by atoms with E-state index in [1.54, 1.807) is 42.3 Å². The van der Waals surface area contributed by atoms with Crippen molar-refractivity contribution >= 4 is 34.7 Å². The molecule has 5 N–H and O–H groups in total. The van der Waals surface area contributed by atoms with E-state index >= 15 is 0 Å². The van der Waals surface area contributed by atoms with Crippen molar-refractivity contribution in [3.63, 3.8) is 0 Å². The lowest BCUT2D eigenvalue weighted by Gasteiger charge is -2.30. The summed E-state index contributed by atoms with van der Waals surface area (Å²) in [6.07, 6.45) is 3.95. The molecule has 1 saturated carbocycles. The van der Waals surface area contributed by atoms with Gasteiger partial charge in [0.1, 0.15) is 5.56 Å². The molecule has 8 nitrogen and oxygen atoms in total. The summed E-state index contributed by atoms with van der Waals surface area (Å²) in [6.45, 7) is 1.41. The molecule has 1 fully saturated rings. The van der Waals surface area contributed by atoms with E-state index in [1.807, 2.05) is 0 Å². The minimum atomic E-state index is -0.566. The molecule has 1 aliphatic rings. The minimum absolute atomic E-state index is 0.181. The van der Waals surface area contributed by atoms with Crippen LogP contribution in [0.2, 0.25) is 5.02 Å². The number of carbonyl (C=O) groups excluding carboxylic acids is 1. The Bertz CT molecular complexity index is 835. The van der Waals surface area contributed by atoms with Gasteiger partial charge in [0.2, 0.25) is 0 Å². The molecular formula is C19H25ClN6O2. The maximum Gasteiger partial charge on any atom is 0.254 e. The monoisotopic (exact) mass is 404 g/mol. The number of nitrogens with two attached hydrogens (primary N) is 1. The first kappa shape index (κ1) is 20.3. The molecule has 1 aromatic heterocycles. The number of primary amides is 1. The van der Waals surface area contributed by atoms with Crippen molar-refractivity contribution in [3.8, 4) is 0 Å². The van der Waals surface area contributed by atoms with E-state index in [-0.39, 0.29) is 12.1 Å². The smallest absolute Gasteiger partial charge is 0.254 e. The van der Waals surface area contributed by atoms with Crippen molar-refractivity contribution in [2.75, 3.05) is 25.6 Å². The number of amides is 1. The Morgan fingerprint density at radius 3 is 2.79 bits per heavy atom. The average molecular weight is 405 g/mol. The van der Waals surface area contributed by atoms with Gasteiger partial charge in [-0.05, 0) is 37.1 Å². The maximum absolute atomic E-state index is 11.9. The molecule has 150 valence electrons. The van der Waals surface area contributed by atoms with Crippen molar-refractivity contribution in [2.45, 2.75) is 31.3 Å². The van der Waals surface area contributed by atoms with Gasteiger partial charge in [0, 0.05) is 48.7 Å². The molecule has 9 heteroatoms. The molecule has 0 radical (unpaired) electrons. The Morgan fingerprint density at radius 1 is 1.39 bits per heavy atom. The fourth-order valence-electron chi connectivity index (χ4n) is 3.36. The average Bonchev–Trinajstić information content (AvgIpc) is 3.08. The lowest BCUT2D eigenvalue weighted by molar-refractivity contribution is 0.100. The number of nitrogens with one attached hydrogen (secondary N) is 3. The van der Waals surface area contributed by atoms with Gasteiger partial charge in [0.25, 0.3) is 5.91 Å². The van der Waals surface area contributed by atoms with E-state index in [0.29, 0.717) is 35.1 Å². The van der Waals surface area contributed by atoms with Crippen LogP contribution in [-0.2, 0) is 4.74 Å². The summed E-state index contributed by atoms with van der Waals surface area (Å²) in [7, 11) is 1.67. The van der Waals surface area contributed by atoms with Crippen LogP contribution in [-0.4, -0.2) is 47.7 Å². The standard InChI is InChI=1S/C19H25ClN6O2/c1-28-9-8-23-14-6-7-17(16(21)10-14)26-11-15(18(22)27)19(25-26)24-13-4-2-12(20)3-5-13/h2-5,11,14,17,21,23H,6-10H2,1H3,(H2,22,27)(H,24,25)/t14-,17?/m0/s1. The first-order valence-electron chi connectivity index (χ1n) is 9.19. The third kappa shape index (κ3) is 4.89. The lowest BCUT2D eigenvalue weighted by Crippen LogP contribution is -2.39. The number of nitrogens with zero attached hydrogens (tertiary/aromatic N) is 2. The number of carbonyl (C=O) groups is 1. The van der Waals surface area contributed by atoms with Crippen LogP contribution in [0.5, 0.6) is 0 Å². The maximum atomic E-state index is 11.9. The van der Waals surface area contributed by atoms with Gasteiger partial charge in [-0.1, -0.05) is 11.6 Å². The van der Waals surface area contributed by atoms with Crippen LogP contribution >= 0.6 is 11.6 Å². The normalized spacial score (nSPS) is 19.6. The Hall–Kier alpha value is -2.42. The molecule has 2 aromatic rings. The molecule has 0 bridgehead atoms. The van der Waals surface area contributed by atoms with Crippen molar-refractivity contribution in [1.29, 1.82) is 5.41 Å². The molecule has 2 atom stereocenters. The summed E-state index contributed by atoms with van der Waals surface area (Å²) in [4.78, 5) is 11.9. The van der Waals surface area contributed by atoms with Crippen molar-refractivity contribution < 1.29 is 9.53 Å². The highest BCUT2D eigenvalue weighted by atomic mass is 35.5. The Kier molecular flexibility index (Phi) is 6.66. The Labute approximate surface area is 168 Å². The summed E-state index contributed by atoms with van der Waals surface area (Å²) in [5, 5.41) is 20.1. The van der Waals surface area contributed by atoms with Gasteiger partial charge in [-0.2, -0.15) is 5.10 Å². The van der Waals surface area contributed by atoms with Gasteiger partial charge < -0.3 is 26.5 Å². The molecule has 1 aromatic carbocycles. The van der Waals surface area contributed by atoms with Gasteiger partial charge in [-0.25, -0.2) is 0 Å². The van der Waals surface area contributed by atoms with Gasteiger partial charge in [0.15, 0.2) is 5.82 Å². The zero-order valence-electron chi connectivity index (χ0n) is 15.7. The van der Waals surface area contributed by atoms with E-state index < -0.39 is 5.91 Å². The predicted molar refractivity (Wildman–Crippen MR) is 110 cm³/mol. The van der Waals surface area contributed by atoms with Crippen molar-refractivity contribution in [1.82, 2.24) is 15.1 Å². The van der Waals surface area contributed by atoms with Crippen LogP contribution in [0.25, 0.3) is 0 Å². The topological polar surface area (TPSA) is 118 Å². The number of anilines is 2. The second-order valence-corrected chi connectivity index (χ2v) is 7.27. The fourth-order valence-corrected chi connectivity index (χ4v) is 3.49. The van der Waals surface area contributed by atoms with Crippen LogP contribution in [0, 0.1) is 5.41 Å². The number of hydrogen-bond donors (Lipinski definition) is 4. The van der Waals surface area contributed by atoms with Gasteiger partial charge in [-0.15, -0.1) is 0 Å². The predicted octanol–water partition coefficient (Wildman–Crippen LogP) is 2.73. The molecule has 28 heavy (non-hydrogen) atoms. The Morgan fingerprint density at radius 2 is 2.14 bits per heavy atom. The molecule has 1 aliphatic carbocycles. The van der Waals surface area contributed by atoms with Gasteiger partial charge in [-0.3, -0.25) is 9.48 Å². The molecule has 1 heterocycles. The van der Waals surface area contributed by atoms with E-state index in [2.05, 4.69) is 15.7 Å². The molecule has 3 rings (SSSR count). The van der Waals surface area contributed by atoms with Gasteiger partial charge in [0.05, 0.1) is 12.6 Å². The summed E-state index contributed by atoms with van der Waals surface area (Å²) < 4.78 is 6.73. The SMILES string of the molecule is COCCN[C@H]1CCC(n2cc(C(N)=O)c(Nc3ccc(Cl)cc3)n2)C(=N)C1. The second-order valence-electron chi connectivity index (χ2n) is 6.83. The van der Waals surface area contributed by atoms with Gasteiger partial charge >= 0.3 is 0 Å². The van der Waals surface area contributed by atoms with Crippen molar-refractivity contribution in [2.24, 2.45) is 5.73 Å². The molecule has 1 amide bonds. The van der Waals surface area contributed by atoms with E-state index in [1.165, 1.54) is 0 Å². The first-order valence-corrected chi connectivity index (χ1v) is 9.57. The Balaban J connectivity index is 1.73. The number of hydrogen-bond acceptors (Lipinski definition) is 6. The van der Waals surface area contributed by atoms with Crippen LogP contribution in [0.4, 0.5) is 11.5 Å². The third-order valence-electron chi connectivity index (χ3n) is 4.82. The highest BCUT2D eigenvalue weighted by Gasteiger charge is 2.29. The molecular weight excluding hydrogens is 380 g/mol. The quantitative estimate of drug-likeness (QED) is 0.504. The minimum Gasteiger partial charge on any atom is -0.383 e. The first-order chi connectivity index (χ1) is 13.5. The number of aromatic nitrogens is 2. The summed E-state index contributed by atoms with van der Waals surface area (Å²) in [5.74, 6) is -0.188. The zero-order chi connectivity index (χ0) is 20.1. The molecule has 0 aliphatic heterocycles. The number of rotatable bonds is 8. The highest BCUT2D eigenvalue weighted by Crippen LogP contribution is 2.28. The molecule has 0 spiro atoms. The van der Waals surface area contributed by atoms with Crippen LogP contribution < -0.4 is 16.4 Å². The number of halogens is 1. The third-order valence-corrected chi connectivity index (χ3v) is 5.07. The summed E-state index contributed by atoms with van der Waals surface area (Å²) in [6, 6.07) is 7.17. The number of ether oxygens (including phenoxy) is 1. The summed E-state index contributed by atoms with van der Waals surface area (Å²) >= 11 is 5.91. The van der Waals surface area contributed by atoms with Crippen LogP contribution in [0.15, 0.2) is 30.5 Å². The molecule has 0 saturated heterocycles. The number of methoxy groups -OCH3 is 1. The van der Waals surface area contributed by atoms with Crippen molar-refractivity contribution in [3.05, 3.63) is 41.0 Å². The van der Waals surface area contributed by atoms with Crippen LogP contribution in [0.1, 0.15) is 35.7 Å². The van der Waals surface area contributed by atoms with E-state index in [0.717, 1.165) is 25.1 Å². The number of benzene rings is 1. The van der Waals surface area contributed by atoms with E-state index in [4.69, 9.17) is 27.5 Å². The lowest BCUT2D eigenvalue weighted by atomic mass is 9.89. The summed E-state index contributed by atoms with van der Waals surface area (Å²) in [5.41, 5.74) is 7.16. The second kappa shape index (κ2) is 9.18. The van der Waals surface area contributed by atoms with E-state index in [9.17, 15) is 4.79 Å². The fraction of sp³-hybridized carbons (Fsp3) is 0.421. The zero-order valence-corrected chi connectivity index (χ0v) is 16.5.